The number of hydrogen-bond acceptors (Lipinski definition) is 5. The van der Waals surface area contributed by atoms with Gasteiger partial charge in [0.25, 0.3) is 5.91 Å². The number of hydrogen-bond donors (Lipinski definition) is 1. The highest BCUT2D eigenvalue weighted by molar-refractivity contribution is 7.91. The first-order valence-corrected chi connectivity index (χ1v) is 8.22. The Labute approximate surface area is 111 Å². The third kappa shape index (κ3) is 2.49. The Balaban J connectivity index is 1.75. The van der Waals surface area contributed by atoms with Crippen molar-refractivity contribution in [2.45, 2.75) is 31.7 Å². The van der Waals surface area contributed by atoms with Crippen molar-refractivity contribution in [3.8, 4) is 0 Å². The lowest BCUT2D eigenvalue weighted by Crippen LogP contribution is -2.50. The second-order valence-corrected chi connectivity index (χ2v) is 7.51. The van der Waals surface area contributed by atoms with E-state index >= 15 is 0 Å². The summed E-state index contributed by atoms with van der Waals surface area (Å²) in [4.78, 5) is 18.0. The lowest BCUT2D eigenvalue weighted by molar-refractivity contribution is 0.0700. The molecule has 8 heteroatoms. The van der Waals surface area contributed by atoms with Crippen molar-refractivity contribution in [1.82, 2.24) is 20.1 Å². The van der Waals surface area contributed by atoms with Gasteiger partial charge in [-0.25, -0.2) is 13.4 Å². The zero-order valence-corrected chi connectivity index (χ0v) is 11.5. The van der Waals surface area contributed by atoms with Gasteiger partial charge >= 0.3 is 0 Å². The monoisotopic (exact) mass is 284 g/mol. The minimum absolute atomic E-state index is 0.0125. The van der Waals surface area contributed by atoms with E-state index < -0.39 is 9.84 Å². The molecule has 1 atom stereocenters. The SMILES string of the molecule is CC1CS(=O)(=O)CCN1C(=O)c1n[nH]c(C2CC2)n1. The van der Waals surface area contributed by atoms with Gasteiger partial charge in [-0.2, -0.15) is 0 Å². The fraction of sp³-hybridized carbons (Fsp3) is 0.727. The lowest BCUT2D eigenvalue weighted by Gasteiger charge is -2.32. The van der Waals surface area contributed by atoms with E-state index in [1.54, 1.807) is 11.8 Å². The van der Waals surface area contributed by atoms with Gasteiger partial charge in [0.05, 0.1) is 11.5 Å². The minimum Gasteiger partial charge on any atom is -0.331 e. The Kier molecular flexibility index (Phi) is 2.84. The Bertz CT molecular complexity index is 605. The number of H-pyrrole nitrogens is 1. The van der Waals surface area contributed by atoms with E-state index in [0.29, 0.717) is 5.92 Å². The molecule has 1 aliphatic heterocycles. The number of aromatic amines is 1. The highest BCUT2D eigenvalue weighted by Gasteiger charge is 2.34. The maximum absolute atomic E-state index is 12.3. The second kappa shape index (κ2) is 4.29. The highest BCUT2D eigenvalue weighted by atomic mass is 32.2. The van der Waals surface area contributed by atoms with Crippen molar-refractivity contribution in [2.75, 3.05) is 18.1 Å². The first-order valence-electron chi connectivity index (χ1n) is 6.40. The molecule has 2 aliphatic rings. The first kappa shape index (κ1) is 12.6. The Hall–Kier alpha value is -1.44. The number of carbonyl (C=O) groups is 1. The van der Waals surface area contributed by atoms with E-state index in [4.69, 9.17) is 0 Å². The van der Waals surface area contributed by atoms with Crippen molar-refractivity contribution in [3.63, 3.8) is 0 Å². The van der Waals surface area contributed by atoms with Gasteiger partial charge in [0.1, 0.15) is 5.82 Å². The summed E-state index contributed by atoms with van der Waals surface area (Å²) in [7, 11) is -3.02. The number of aromatic nitrogens is 3. The average Bonchev–Trinajstić information content (AvgIpc) is 3.05. The van der Waals surface area contributed by atoms with Gasteiger partial charge in [0.15, 0.2) is 9.84 Å². The summed E-state index contributed by atoms with van der Waals surface area (Å²) in [6.07, 6.45) is 2.17. The zero-order chi connectivity index (χ0) is 13.6. The van der Waals surface area contributed by atoms with E-state index in [9.17, 15) is 13.2 Å². The highest BCUT2D eigenvalue weighted by Crippen LogP contribution is 2.37. The van der Waals surface area contributed by atoms with Gasteiger partial charge in [-0.3, -0.25) is 9.89 Å². The number of nitrogens with one attached hydrogen (secondary N) is 1. The van der Waals surface area contributed by atoms with Crippen LogP contribution in [0.1, 0.15) is 42.1 Å². The molecule has 2 heterocycles. The molecule has 1 aromatic heterocycles. The molecular weight excluding hydrogens is 268 g/mol. The number of rotatable bonds is 2. The van der Waals surface area contributed by atoms with Gasteiger partial charge in [-0.15, -0.1) is 5.10 Å². The van der Waals surface area contributed by atoms with Crippen LogP contribution in [0.4, 0.5) is 0 Å². The van der Waals surface area contributed by atoms with Crippen molar-refractivity contribution in [3.05, 3.63) is 11.6 Å². The summed E-state index contributed by atoms with van der Waals surface area (Å²) in [6, 6.07) is -0.325. The fourth-order valence-electron chi connectivity index (χ4n) is 2.34. The third-order valence-corrected chi connectivity index (χ3v) is 5.38. The van der Waals surface area contributed by atoms with Crippen LogP contribution >= 0.6 is 0 Å². The molecule has 1 saturated heterocycles. The molecule has 7 nitrogen and oxygen atoms in total. The quantitative estimate of drug-likeness (QED) is 0.821. The van der Waals surface area contributed by atoms with Crippen LogP contribution in [0.15, 0.2) is 0 Å². The van der Waals surface area contributed by atoms with Crippen LogP contribution in [0.5, 0.6) is 0 Å². The molecule has 2 fully saturated rings. The summed E-state index contributed by atoms with van der Waals surface area (Å²) in [5, 5.41) is 6.74. The molecule has 1 aliphatic carbocycles. The standard InChI is InChI=1S/C11H16N4O3S/c1-7-6-19(17,18)5-4-15(7)11(16)10-12-9(13-14-10)8-2-3-8/h7-8H,2-6H2,1H3,(H,12,13,14). The molecule has 0 bridgehead atoms. The van der Waals surface area contributed by atoms with Crippen molar-refractivity contribution in [1.29, 1.82) is 0 Å². The van der Waals surface area contributed by atoms with Gasteiger partial charge in [0.2, 0.25) is 5.82 Å². The lowest BCUT2D eigenvalue weighted by atomic mass is 10.3. The predicted octanol–water partition coefficient (Wildman–Crippen LogP) is -0.0588. The summed E-state index contributed by atoms with van der Waals surface area (Å²) in [5.74, 6) is 1.06. The van der Waals surface area contributed by atoms with Crippen LogP contribution in [-0.2, 0) is 9.84 Å². The van der Waals surface area contributed by atoms with Crippen LogP contribution in [0.2, 0.25) is 0 Å². The van der Waals surface area contributed by atoms with Crippen molar-refractivity contribution >= 4 is 15.7 Å². The van der Waals surface area contributed by atoms with E-state index in [1.165, 1.54) is 0 Å². The topological polar surface area (TPSA) is 96.0 Å². The van der Waals surface area contributed by atoms with Crippen LogP contribution in [0, 0.1) is 0 Å². The average molecular weight is 284 g/mol. The molecule has 0 spiro atoms. The van der Waals surface area contributed by atoms with Crippen LogP contribution in [0.25, 0.3) is 0 Å². The summed E-state index contributed by atoms with van der Waals surface area (Å²) in [5.41, 5.74) is 0. The summed E-state index contributed by atoms with van der Waals surface area (Å²) < 4.78 is 23.0. The summed E-state index contributed by atoms with van der Waals surface area (Å²) in [6.45, 7) is 1.96. The van der Waals surface area contributed by atoms with E-state index in [2.05, 4.69) is 15.2 Å². The number of sulfone groups is 1. The van der Waals surface area contributed by atoms with Crippen molar-refractivity contribution < 1.29 is 13.2 Å². The minimum atomic E-state index is -3.02. The largest absolute Gasteiger partial charge is 0.331 e. The van der Waals surface area contributed by atoms with E-state index in [0.717, 1.165) is 18.7 Å². The fourth-order valence-corrected chi connectivity index (χ4v) is 3.89. The second-order valence-electron chi connectivity index (χ2n) is 5.28. The number of carbonyl (C=O) groups excluding carboxylic acids is 1. The maximum Gasteiger partial charge on any atom is 0.293 e. The number of nitrogens with zero attached hydrogens (tertiary/aromatic N) is 3. The Morgan fingerprint density at radius 2 is 2.16 bits per heavy atom. The van der Waals surface area contributed by atoms with Crippen LogP contribution < -0.4 is 0 Å². The van der Waals surface area contributed by atoms with Gasteiger partial charge in [-0.1, -0.05) is 0 Å². The third-order valence-electron chi connectivity index (χ3n) is 3.59. The predicted molar refractivity (Wildman–Crippen MR) is 67.5 cm³/mol. The Morgan fingerprint density at radius 1 is 1.42 bits per heavy atom. The van der Waals surface area contributed by atoms with Crippen LogP contribution in [-0.4, -0.2) is 58.5 Å². The molecule has 1 N–H and O–H groups in total. The molecule has 0 radical (unpaired) electrons. The van der Waals surface area contributed by atoms with E-state index in [-0.39, 0.29) is 35.8 Å². The first-order chi connectivity index (χ1) is 8.96. The molecular formula is C11H16N4O3S. The summed E-state index contributed by atoms with van der Waals surface area (Å²) >= 11 is 0. The molecule has 0 aromatic carbocycles. The van der Waals surface area contributed by atoms with Crippen molar-refractivity contribution in [2.24, 2.45) is 0 Å². The molecule has 1 amide bonds. The molecule has 3 rings (SSSR count). The van der Waals surface area contributed by atoms with Gasteiger partial charge < -0.3 is 4.90 Å². The van der Waals surface area contributed by atoms with Crippen LogP contribution in [0.3, 0.4) is 0 Å². The number of amides is 1. The zero-order valence-electron chi connectivity index (χ0n) is 10.7. The molecule has 1 aromatic rings. The maximum atomic E-state index is 12.3. The molecule has 104 valence electrons. The van der Waals surface area contributed by atoms with Gasteiger partial charge in [0, 0.05) is 18.5 Å². The van der Waals surface area contributed by atoms with E-state index in [1.807, 2.05) is 0 Å². The molecule has 1 saturated carbocycles. The van der Waals surface area contributed by atoms with Gasteiger partial charge in [-0.05, 0) is 19.8 Å². The normalized spacial score (nSPS) is 26.4. The molecule has 19 heavy (non-hydrogen) atoms. The Morgan fingerprint density at radius 3 is 2.79 bits per heavy atom. The molecule has 1 unspecified atom stereocenters. The smallest absolute Gasteiger partial charge is 0.293 e.